The van der Waals surface area contributed by atoms with E-state index in [1.165, 1.54) is 0 Å². The number of nitrogens with zero attached hydrogens (tertiary/aromatic N) is 1. The summed E-state index contributed by atoms with van der Waals surface area (Å²) < 4.78 is 11.4. The third-order valence-corrected chi connectivity index (χ3v) is 7.14. The van der Waals surface area contributed by atoms with Crippen molar-refractivity contribution >= 4 is 12.0 Å². The molecule has 1 aliphatic heterocycles. The first-order chi connectivity index (χ1) is 18.4. The van der Waals surface area contributed by atoms with E-state index in [-0.39, 0.29) is 13.2 Å². The lowest BCUT2D eigenvalue weighted by atomic mass is 9.97. The first-order valence-corrected chi connectivity index (χ1v) is 13.4. The third-order valence-electron chi connectivity index (χ3n) is 7.14. The lowest BCUT2D eigenvalue weighted by molar-refractivity contribution is -0.137. The smallest absolute Gasteiger partial charge is 0.416 e. The van der Waals surface area contributed by atoms with Gasteiger partial charge >= 0.3 is 6.09 Å². The third kappa shape index (κ3) is 6.52. The van der Waals surface area contributed by atoms with Gasteiger partial charge in [0, 0.05) is 18.6 Å². The Morgan fingerprint density at radius 3 is 2.55 bits per heavy atom. The van der Waals surface area contributed by atoms with E-state index in [1.54, 1.807) is 6.92 Å². The number of furan rings is 1. The van der Waals surface area contributed by atoms with Crippen LogP contribution >= 0.6 is 0 Å². The SMILES string of the molecule is Cc1cccc(-c2cc([C@H](O)[C@H](C)C(=O)N3C(=O)OC[C@@H]3Cc3ccccc3)oc2CCCCCCO)c1. The summed E-state index contributed by atoms with van der Waals surface area (Å²) in [5.74, 6) is -0.330. The number of cyclic esters (lactones) is 1. The molecule has 0 spiro atoms. The van der Waals surface area contributed by atoms with Crippen LogP contribution in [0.15, 0.2) is 65.1 Å². The maximum absolute atomic E-state index is 13.5. The average molecular weight is 520 g/mol. The predicted molar refractivity (Wildman–Crippen MR) is 144 cm³/mol. The van der Waals surface area contributed by atoms with Crippen molar-refractivity contribution in [1.29, 1.82) is 0 Å². The monoisotopic (exact) mass is 519 g/mol. The molecule has 3 aromatic rings. The molecule has 2 amide bonds. The summed E-state index contributed by atoms with van der Waals surface area (Å²) in [5, 5.41) is 20.3. The van der Waals surface area contributed by atoms with Gasteiger partial charge in [-0.2, -0.15) is 0 Å². The summed E-state index contributed by atoms with van der Waals surface area (Å²) in [6, 6.07) is 19.1. The van der Waals surface area contributed by atoms with Crippen LogP contribution in [0.25, 0.3) is 11.1 Å². The predicted octanol–water partition coefficient (Wildman–Crippen LogP) is 5.61. The molecule has 0 unspecified atom stereocenters. The summed E-state index contributed by atoms with van der Waals surface area (Å²) in [7, 11) is 0. The molecule has 3 atom stereocenters. The first-order valence-electron chi connectivity index (χ1n) is 13.4. The Kier molecular flexibility index (Phi) is 9.37. The number of aryl methyl sites for hydroxylation is 2. The maximum atomic E-state index is 13.5. The van der Waals surface area contributed by atoms with E-state index in [4.69, 9.17) is 14.3 Å². The Labute approximate surface area is 224 Å². The Morgan fingerprint density at radius 1 is 1.05 bits per heavy atom. The molecule has 1 fully saturated rings. The van der Waals surface area contributed by atoms with Crippen molar-refractivity contribution in [3.63, 3.8) is 0 Å². The van der Waals surface area contributed by atoms with E-state index in [0.717, 1.165) is 58.6 Å². The van der Waals surface area contributed by atoms with Crippen molar-refractivity contribution in [1.82, 2.24) is 4.90 Å². The van der Waals surface area contributed by atoms with E-state index in [0.29, 0.717) is 18.6 Å². The summed E-state index contributed by atoms with van der Waals surface area (Å²) >= 11 is 0. The number of aliphatic hydroxyl groups excluding tert-OH is 2. The molecular weight excluding hydrogens is 482 g/mol. The number of amides is 2. The molecule has 7 nitrogen and oxygen atoms in total. The second-order valence-electron chi connectivity index (χ2n) is 10.1. The minimum atomic E-state index is -1.22. The Morgan fingerprint density at radius 2 is 1.82 bits per heavy atom. The fourth-order valence-electron chi connectivity index (χ4n) is 4.96. The van der Waals surface area contributed by atoms with Crippen LogP contribution in [0, 0.1) is 12.8 Å². The molecule has 0 bridgehead atoms. The van der Waals surface area contributed by atoms with Crippen molar-refractivity contribution in [2.45, 2.75) is 64.5 Å². The zero-order valence-electron chi connectivity index (χ0n) is 22.1. The number of rotatable bonds is 12. The Bertz CT molecular complexity index is 1220. The topological polar surface area (TPSA) is 100 Å². The van der Waals surface area contributed by atoms with Crippen LogP contribution in [0.2, 0.25) is 0 Å². The number of benzene rings is 2. The van der Waals surface area contributed by atoms with E-state index >= 15 is 0 Å². The van der Waals surface area contributed by atoms with Crippen LogP contribution in [0.5, 0.6) is 0 Å². The van der Waals surface area contributed by atoms with Gasteiger partial charge in [-0.1, -0.05) is 79.9 Å². The molecule has 2 N–H and O–H groups in total. The summed E-state index contributed by atoms with van der Waals surface area (Å²) in [6.07, 6.45) is 2.82. The van der Waals surface area contributed by atoms with Crippen LogP contribution in [0.4, 0.5) is 4.79 Å². The van der Waals surface area contributed by atoms with Crippen LogP contribution in [-0.4, -0.2) is 46.4 Å². The highest BCUT2D eigenvalue weighted by Crippen LogP contribution is 2.35. The average Bonchev–Trinajstić information content (AvgIpc) is 3.51. The molecular formula is C31H37NO6. The van der Waals surface area contributed by atoms with E-state index in [1.807, 2.05) is 61.5 Å². The molecule has 0 radical (unpaired) electrons. The van der Waals surface area contributed by atoms with Crippen LogP contribution < -0.4 is 0 Å². The van der Waals surface area contributed by atoms with Crippen molar-refractivity contribution in [2.24, 2.45) is 5.92 Å². The van der Waals surface area contributed by atoms with Gasteiger partial charge < -0.3 is 19.4 Å². The summed E-state index contributed by atoms with van der Waals surface area (Å²) in [6.45, 7) is 3.95. The van der Waals surface area contributed by atoms with E-state index in [9.17, 15) is 14.7 Å². The Hall–Kier alpha value is -3.42. The van der Waals surface area contributed by atoms with Gasteiger partial charge in [0.05, 0.1) is 12.0 Å². The second kappa shape index (κ2) is 12.9. The number of unbranched alkanes of at least 4 members (excludes halogenated alkanes) is 3. The van der Waals surface area contributed by atoms with Crippen molar-refractivity contribution < 1.29 is 29.0 Å². The molecule has 2 aromatic carbocycles. The highest BCUT2D eigenvalue weighted by atomic mass is 16.6. The highest BCUT2D eigenvalue weighted by molar-refractivity contribution is 5.95. The minimum absolute atomic E-state index is 0.126. The number of carbonyl (C=O) groups excluding carboxylic acids is 2. The molecule has 2 heterocycles. The van der Waals surface area contributed by atoms with Crippen molar-refractivity contribution in [3.8, 4) is 11.1 Å². The largest absolute Gasteiger partial charge is 0.463 e. The van der Waals surface area contributed by atoms with Gasteiger partial charge in [0.15, 0.2) is 0 Å². The van der Waals surface area contributed by atoms with Gasteiger partial charge in [0.25, 0.3) is 0 Å². The molecule has 1 saturated heterocycles. The number of carbonyl (C=O) groups is 2. The van der Waals surface area contributed by atoms with Gasteiger partial charge in [-0.25, -0.2) is 9.69 Å². The van der Waals surface area contributed by atoms with Crippen molar-refractivity contribution in [3.05, 3.63) is 83.3 Å². The molecule has 38 heavy (non-hydrogen) atoms. The standard InChI is InChI=1S/C31H37NO6/c1-21-11-10-14-24(17-21)26-19-28(38-27(26)15-8-3-4-9-16-33)29(34)22(2)30(35)32-25(20-37-31(32)36)18-23-12-6-5-7-13-23/h5-7,10-14,17,19,22,25,29,33-34H,3-4,8-9,15-16,18,20H2,1-2H3/t22-,25-,29+/m0/s1. The molecule has 1 aromatic heterocycles. The second-order valence-corrected chi connectivity index (χ2v) is 10.1. The number of hydrogen-bond donors (Lipinski definition) is 2. The number of imide groups is 1. The quantitative estimate of drug-likeness (QED) is 0.302. The lowest BCUT2D eigenvalue weighted by Gasteiger charge is -2.25. The molecule has 4 rings (SSSR count). The molecule has 1 aliphatic rings. The van der Waals surface area contributed by atoms with Crippen LogP contribution in [0.3, 0.4) is 0 Å². The maximum Gasteiger partial charge on any atom is 0.416 e. The highest BCUT2D eigenvalue weighted by Gasteiger charge is 2.42. The number of ether oxygens (including phenoxy) is 1. The molecule has 0 aliphatic carbocycles. The zero-order valence-corrected chi connectivity index (χ0v) is 22.1. The first kappa shape index (κ1) is 27.6. The minimum Gasteiger partial charge on any atom is -0.463 e. The van der Waals surface area contributed by atoms with Gasteiger partial charge in [-0.3, -0.25) is 4.79 Å². The van der Waals surface area contributed by atoms with Gasteiger partial charge in [-0.15, -0.1) is 0 Å². The lowest BCUT2D eigenvalue weighted by Crippen LogP contribution is -2.44. The summed E-state index contributed by atoms with van der Waals surface area (Å²) in [5.41, 5.74) is 3.99. The fourth-order valence-corrected chi connectivity index (χ4v) is 4.96. The summed E-state index contributed by atoms with van der Waals surface area (Å²) in [4.78, 5) is 27.1. The van der Waals surface area contributed by atoms with Crippen molar-refractivity contribution in [2.75, 3.05) is 13.2 Å². The molecule has 202 valence electrons. The van der Waals surface area contributed by atoms with E-state index < -0.39 is 30.1 Å². The fraction of sp³-hybridized carbons (Fsp3) is 0.419. The van der Waals surface area contributed by atoms with Gasteiger partial charge in [0.1, 0.15) is 24.2 Å². The van der Waals surface area contributed by atoms with Crippen LogP contribution in [-0.2, 0) is 22.4 Å². The van der Waals surface area contributed by atoms with Gasteiger partial charge in [-0.05, 0) is 43.4 Å². The number of aliphatic hydroxyl groups is 2. The van der Waals surface area contributed by atoms with Crippen LogP contribution in [0.1, 0.15) is 61.4 Å². The van der Waals surface area contributed by atoms with E-state index in [2.05, 4.69) is 6.07 Å². The normalized spacial score (nSPS) is 16.9. The van der Waals surface area contributed by atoms with Gasteiger partial charge in [0.2, 0.25) is 5.91 Å². The zero-order chi connectivity index (χ0) is 27.1. The Balaban J connectivity index is 1.53. The molecule has 0 saturated carbocycles. The number of hydrogen-bond acceptors (Lipinski definition) is 6. The molecule has 7 heteroatoms.